The summed E-state index contributed by atoms with van der Waals surface area (Å²) in [7, 11) is 1.65. The Hall–Kier alpha value is -4.20. The van der Waals surface area contributed by atoms with E-state index in [1.807, 2.05) is 54.6 Å². The Morgan fingerprint density at radius 3 is 2.19 bits per heavy atom. The van der Waals surface area contributed by atoms with E-state index < -0.39 is 0 Å². The van der Waals surface area contributed by atoms with Gasteiger partial charge in [0.25, 0.3) is 5.91 Å². The van der Waals surface area contributed by atoms with Crippen LogP contribution >= 0.6 is 0 Å². The second-order valence-corrected chi connectivity index (χ2v) is 7.17. The van der Waals surface area contributed by atoms with Gasteiger partial charge in [-0.3, -0.25) is 9.59 Å². The minimum atomic E-state index is -0.318. The van der Waals surface area contributed by atoms with E-state index in [0.29, 0.717) is 18.7 Å². The number of nitrogens with zero attached hydrogens (tertiary/aromatic N) is 3. The van der Waals surface area contributed by atoms with Gasteiger partial charge in [0.1, 0.15) is 5.75 Å². The van der Waals surface area contributed by atoms with Crippen LogP contribution in [0.15, 0.2) is 66.9 Å². The number of carbonyl (C=O) groups is 2. The number of amides is 2. The SMILES string of the molecule is COc1ccc(-c2ccc(-c3ccnc4cc(C(=O)NCCNC(C)=O)nn34)cc2)cc1. The molecule has 162 valence electrons. The third-order valence-electron chi connectivity index (χ3n) is 4.98. The van der Waals surface area contributed by atoms with E-state index in [9.17, 15) is 9.59 Å². The maximum absolute atomic E-state index is 12.4. The first kappa shape index (κ1) is 21.0. The van der Waals surface area contributed by atoms with E-state index in [2.05, 4.69) is 20.7 Å². The Kier molecular flexibility index (Phi) is 6.12. The summed E-state index contributed by atoms with van der Waals surface area (Å²) in [6.07, 6.45) is 1.70. The van der Waals surface area contributed by atoms with E-state index in [-0.39, 0.29) is 17.5 Å². The quantitative estimate of drug-likeness (QED) is 0.440. The van der Waals surface area contributed by atoms with Gasteiger partial charge in [0.05, 0.1) is 12.8 Å². The number of ether oxygens (including phenoxy) is 1. The van der Waals surface area contributed by atoms with Gasteiger partial charge in [-0.1, -0.05) is 36.4 Å². The number of fused-ring (bicyclic) bond motifs is 1. The molecule has 0 aliphatic carbocycles. The summed E-state index contributed by atoms with van der Waals surface area (Å²) in [6.45, 7) is 2.11. The van der Waals surface area contributed by atoms with Crippen molar-refractivity contribution >= 4 is 17.5 Å². The topological polar surface area (TPSA) is 97.6 Å². The molecule has 0 fully saturated rings. The second kappa shape index (κ2) is 9.30. The minimum absolute atomic E-state index is 0.140. The van der Waals surface area contributed by atoms with Crippen molar-refractivity contribution in [1.29, 1.82) is 0 Å². The normalized spacial score (nSPS) is 10.7. The molecule has 0 aliphatic rings. The summed E-state index contributed by atoms with van der Waals surface area (Å²) in [5, 5.41) is 9.82. The van der Waals surface area contributed by atoms with Crippen LogP contribution < -0.4 is 15.4 Å². The van der Waals surface area contributed by atoms with Crippen molar-refractivity contribution in [3.8, 4) is 28.1 Å². The van der Waals surface area contributed by atoms with Crippen LogP contribution in [0.25, 0.3) is 28.0 Å². The summed E-state index contributed by atoms with van der Waals surface area (Å²) in [4.78, 5) is 27.7. The zero-order chi connectivity index (χ0) is 22.5. The maximum Gasteiger partial charge on any atom is 0.271 e. The van der Waals surface area contributed by atoms with Crippen LogP contribution in [0.3, 0.4) is 0 Å². The number of hydrogen-bond donors (Lipinski definition) is 2. The third-order valence-corrected chi connectivity index (χ3v) is 4.98. The Morgan fingerprint density at radius 1 is 0.906 bits per heavy atom. The van der Waals surface area contributed by atoms with Crippen molar-refractivity contribution in [2.45, 2.75) is 6.92 Å². The smallest absolute Gasteiger partial charge is 0.271 e. The molecular formula is C24H23N5O3. The van der Waals surface area contributed by atoms with Crippen molar-refractivity contribution in [3.63, 3.8) is 0 Å². The molecule has 2 aromatic carbocycles. The lowest BCUT2D eigenvalue weighted by atomic mass is 10.0. The maximum atomic E-state index is 12.4. The molecule has 0 unspecified atom stereocenters. The minimum Gasteiger partial charge on any atom is -0.497 e. The van der Waals surface area contributed by atoms with E-state index in [4.69, 9.17) is 4.74 Å². The Morgan fingerprint density at radius 2 is 1.53 bits per heavy atom. The number of carbonyl (C=O) groups excluding carboxylic acids is 2. The summed E-state index contributed by atoms with van der Waals surface area (Å²) >= 11 is 0. The average Bonchev–Trinajstić information content (AvgIpc) is 3.26. The monoisotopic (exact) mass is 429 g/mol. The Balaban J connectivity index is 1.55. The molecule has 0 spiro atoms. The van der Waals surface area contributed by atoms with Crippen molar-refractivity contribution in [2.75, 3.05) is 20.2 Å². The average molecular weight is 429 g/mol. The zero-order valence-electron chi connectivity index (χ0n) is 17.8. The van der Waals surface area contributed by atoms with Crippen molar-refractivity contribution in [3.05, 3.63) is 72.6 Å². The molecule has 4 rings (SSSR count). The van der Waals surface area contributed by atoms with E-state index in [0.717, 1.165) is 28.1 Å². The molecule has 2 aromatic heterocycles. The first-order chi connectivity index (χ1) is 15.5. The van der Waals surface area contributed by atoms with Gasteiger partial charge in [0.15, 0.2) is 11.3 Å². The van der Waals surface area contributed by atoms with Crippen LogP contribution in [-0.2, 0) is 4.79 Å². The standard InChI is InChI=1S/C24H23N5O3/c1-16(30)25-13-14-27-24(31)21-15-23-26-12-11-22(29(23)28-21)19-5-3-17(4-6-19)18-7-9-20(32-2)10-8-18/h3-12,15H,13-14H2,1-2H3,(H,25,30)(H,27,31). The molecule has 0 saturated heterocycles. The zero-order valence-corrected chi connectivity index (χ0v) is 17.8. The summed E-state index contributed by atoms with van der Waals surface area (Å²) in [5.74, 6) is 0.360. The van der Waals surface area contributed by atoms with Crippen LogP contribution in [0.4, 0.5) is 0 Å². The fourth-order valence-corrected chi connectivity index (χ4v) is 3.35. The van der Waals surface area contributed by atoms with E-state index in [1.54, 1.807) is 23.9 Å². The number of hydrogen-bond acceptors (Lipinski definition) is 5. The number of benzene rings is 2. The fraction of sp³-hybridized carbons (Fsp3) is 0.167. The van der Waals surface area contributed by atoms with Gasteiger partial charge >= 0.3 is 0 Å². The van der Waals surface area contributed by atoms with Crippen molar-refractivity contribution < 1.29 is 14.3 Å². The van der Waals surface area contributed by atoms with Crippen LogP contribution in [0.2, 0.25) is 0 Å². The van der Waals surface area contributed by atoms with Crippen LogP contribution in [0, 0.1) is 0 Å². The molecule has 8 nitrogen and oxygen atoms in total. The van der Waals surface area contributed by atoms with Crippen LogP contribution in [0.1, 0.15) is 17.4 Å². The van der Waals surface area contributed by atoms with Crippen LogP contribution in [-0.4, -0.2) is 46.6 Å². The van der Waals surface area contributed by atoms with Gasteiger partial charge in [0.2, 0.25) is 5.91 Å². The van der Waals surface area contributed by atoms with Gasteiger partial charge in [-0.25, -0.2) is 9.50 Å². The lowest BCUT2D eigenvalue weighted by Gasteiger charge is -2.07. The highest BCUT2D eigenvalue weighted by atomic mass is 16.5. The first-order valence-electron chi connectivity index (χ1n) is 10.2. The van der Waals surface area contributed by atoms with E-state index >= 15 is 0 Å². The number of aromatic nitrogens is 3. The molecular weight excluding hydrogens is 406 g/mol. The molecule has 0 radical (unpaired) electrons. The molecule has 2 heterocycles. The van der Waals surface area contributed by atoms with Gasteiger partial charge in [-0.15, -0.1) is 0 Å². The van der Waals surface area contributed by atoms with Gasteiger partial charge in [0, 0.05) is 37.8 Å². The molecule has 4 aromatic rings. The highest BCUT2D eigenvalue weighted by Crippen LogP contribution is 2.26. The number of rotatable bonds is 7. The highest BCUT2D eigenvalue weighted by Gasteiger charge is 2.14. The van der Waals surface area contributed by atoms with Gasteiger partial charge in [-0.05, 0) is 29.3 Å². The molecule has 8 heteroatoms. The van der Waals surface area contributed by atoms with Gasteiger partial charge < -0.3 is 15.4 Å². The predicted molar refractivity (Wildman–Crippen MR) is 121 cm³/mol. The number of nitrogens with one attached hydrogen (secondary N) is 2. The molecule has 0 aliphatic heterocycles. The molecule has 2 amide bonds. The number of methoxy groups -OCH3 is 1. The Bertz CT molecular complexity index is 1250. The lowest BCUT2D eigenvalue weighted by molar-refractivity contribution is -0.118. The summed E-state index contributed by atoms with van der Waals surface area (Å²) < 4.78 is 6.88. The first-order valence-corrected chi connectivity index (χ1v) is 10.2. The largest absolute Gasteiger partial charge is 0.497 e. The lowest BCUT2D eigenvalue weighted by Crippen LogP contribution is -2.33. The summed E-state index contributed by atoms with van der Waals surface area (Å²) in [6, 6.07) is 19.5. The van der Waals surface area contributed by atoms with E-state index in [1.165, 1.54) is 6.92 Å². The molecule has 0 bridgehead atoms. The predicted octanol–water partition coefficient (Wildman–Crippen LogP) is 2.94. The Labute approximate surface area is 185 Å². The van der Waals surface area contributed by atoms with Crippen LogP contribution in [0.5, 0.6) is 5.75 Å². The molecule has 0 saturated carbocycles. The summed E-state index contributed by atoms with van der Waals surface area (Å²) in [5.41, 5.74) is 4.80. The highest BCUT2D eigenvalue weighted by molar-refractivity contribution is 5.93. The van der Waals surface area contributed by atoms with Crippen molar-refractivity contribution in [2.24, 2.45) is 0 Å². The molecule has 32 heavy (non-hydrogen) atoms. The third kappa shape index (κ3) is 4.59. The van der Waals surface area contributed by atoms with Crippen molar-refractivity contribution in [1.82, 2.24) is 25.2 Å². The molecule has 0 atom stereocenters. The second-order valence-electron chi connectivity index (χ2n) is 7.17. The molecule has 2 N–H and O–H groups in total. The fourth-order valence-electron chi connectivity index (χ4n) is 3.35. The van der Waals surface area contributed by atoms with Gasteiger partial charge in [-0.2, -0.15) is 5.10 Å².